The standard InChI is InChI=1S/C10H15OP/c12-11-9-5-4-8-10-6-2-1-3-7-10/h1-3,6-7H,4-5,8-9,12H2. The van der Waals surface area contributed by atoms with Crippen molar-refractivity contribution >= 4 is 9.47 Å². The Morgan fingerprint density at radius 1 is 1.08 bits per heavy atom. The fraction of sp³-hybridized carbons (Fsp3) is 0.400. The van der Waals surface area contributed by atoms with Crippen LogP contribution in [-0.4, -0.2) is 6.61 Å². The molecular formula is C10H15OP. The lowest BCUT2D eigenvalue weighted by Crippen LogP contribution is -1.88. The lowest BCUT2D eigenvalue weighted by Gasteiger charge is -1.99. The van der Waals surface area contributed by atoms with Crippen molar-refractivity contribution in [2.24, 2.45) is 0 Å². The molecule has 1 aromatic carbocycles. The molecule has 0 fully saturated rings. The summed E-state index contributed by atoms with van der Waals surface area (Å²) in [5, 5.41) is 0. The Hall–Kier alpha value is -0.390. The maximum absolute atomic E-state index is 4.90. The van der Waals surface area contributed by atoms with E-state index < -0.39 is 0 Å². The summed E-state index contributed by atoms with van der Waals surface area (Å²) in [4.78, 5) is 0. The molecule has 0 saturated heterocycles. The van der Waals surface area contributed by atoms with Crippen LogP contribution in [0.15, 0.2) is 30.3 Å². The Kier molecular flexibility index (Phi) is 4.98. The largest absolute Gasteiger partial charge is 0.366 e. The molecular weight excluding hydrogens is 167 g/mol. The predicted molar refractivity (Wildman–Crippen MR) is 55.0 cm³/mol. The molecule has 0 N–H and O–H groups in total. The lowest BCUT2D eigenvalue weighted by molar-refractivity contribution is 0.357. The molecule has 0 aliphatic heterocycles. The molecule has 0 aromatic heterocycles. The van der Waals surface area contributed by atoms with Crippen LogP contribution in [0.5, 0.6) is 0 Å². The van der Waals surface area contributed by atoms with Crippen LogP contribution in [0.3, 0.4) is 0 Å². The van der Waals surface area contributed by atoms with Crippen molar-refractivity contribution < 1.29 is 4.52 Å². The van der Waals surface area contributed by atoms with E-state index in [4.69, 9.17) is 4.52 Å². The van der Waals surface area contributed by atoms with E-state index in [9.17, 15) is 0 Å². The summed E-state index contributed by atoms with van der Waals surface area (Å²) in [5.74, 6) is 0. The van der Waals surface area contributed by atoms with Gasteiger partial charge in [0, 0.05) is 9.47 Å². The third kappa shape index (κ3) is 3.85. The molecule has 1 nitrogen and oxygen atoms in total. The van der Waals surface area contributed by atoms with Gasteiger partial charge in [-0.25, -0.2) is 0 Å². The Labute approximate surface area is 76.4 Å². The van der Waals surface area contributed by atoms with Gasteiger partial charge in [-0.15, -0.1) is 0 Å². The third-order valence-corrected chi connectivity index (χ3v) is 2.06. The minimum absolute atomic E-state index is 0.845. The molecule has 1 atom stereocenters. The van der Waals surface area contributed by atoms with Crippen LogP contribution in [0.1, 0.15) is 18.4 Å². The number of benzene rings is 1. The van der Waals surface area contributed by atoms with Crippen LogP contribution >= 0.6 is 9.47 Å². The van der Waals surface area contributed by atoms with E-state index in [2.05, 4.69) is 39.8 Å². The molecule has 0 amide bonds. The first-order valence-corrected chi connectivity index (χ1v) is 4.76. The van der Waals surface area contributed by atoms with Gasteiger partial charge in [0.05, 0.1) is 6.61 Å². The summed E-state index contributed by atoms with van der Waals surface area (Å²) in [5.41, 5.74) is 1.42. The zero-order valence-corrected chi connectivity index (χ0v) is 8.36. The van der Waals surface area contributed by atoms with E-state index in [-0.39, 0.29) is 0 Å². The Morgan fingerprint density at radius 3 is 2.50 bits per heavy atom. The van der Waals surface area contributed by atoms with Crippen molar-refractivity contribution in [2.45, 2.75) is 19.3 Å². The van der Waals surface area contributed by atoms with Gasteiger partial charge in [-0.1, -0.05) is 30.3 Å². The normalized spacial score (nSPS) is 10.1. The highest BCUT2D eigenvalue weighted by atomic mass is 31.0. The molecule has 1 rings (SSSR count). The fourth-order valence-electron chi connectivity index (χ4n) is 1.16. The van der Waals surface area contributed by atoms with Gasteiger partial charge in [-0.3, -0.25) is 0 Å². The first kappa shape index (κ1) is 9.70. The smallest absolute Gasteiger partial charge is 0.0502 e. The molecule has 0 saturated carbocycles. The highest BCUT2D eigenvalue weighted by molar-refractivity contribution is 7.09. The average molecular weight is 182 g/mol. The zero-order valence-electron chi connectivity index (χ0n) is 7.20. The topological polar surface area (TPSA) is 9.23 Å². The maximum Gasteiger partial charge on any atom is 0.0502 e. The number of hydrogen-bond acceptors (Lipinski definition) is 1. The summed E-state index contributed by atoms with van der Waals surface area (Å²) >= 11 is 0. The van der Waals surface area contributed by atoms with Crippen molar-refractivity contribution in [3.63, 3.8) is 0 Å². The molecule has 1 aromatic rings. The van der Waals surface area contributed by atoms with Crippen LogP contribution in [0.2, 0.25) is 0 Å². The summed E-state index contributed by atoms with van der Waals surface area (Å²) in [6, 6.07) is 10.6. The van der Waals surface area contributed by atoms with Gasteiger partial charge in [0.15, 0.2) is 0 Å². The van der Waals surface area contributed by atoms with Gasteiger partial charge in [-0.2, -0.15) is 0 Å². The molecule has 66 valence electrons. The Balaban J connectivity index is 2.16. The van der Waals surface area contributed by atoms with Gasteiger partial charge in [-0.05, 0) is 24.8 Å². The maximum atomic E-state index is 4.90. The molecule has 0 aliphatic carbocycles. The molecule has 0 heterocycles. The second-order valence-electron chi connectivity index (χ2n) is 2.81. The summed E-state index contributed by atoms with van der Waals surface area (Å²) in [6.45, 7) is 0.845. The Morgan fingerprint density at radius 2 is 1.83 bits per heavy atom. The highest BCUT2D eigenvalue weighted by Crippen LogP contribution is 2.04. The summed E-state index contributed by atoms with van der Waals surface area (Å²) in [7, 11) is 2.28. The van der Waals surface area contributed by atoms with E-state index in [1.165, 1.54) is 12.0 Å². The third-order valence-electron chi connectivity index (χ3n) is 1.82. The van der Waals surface area contributed by atoms with Gasteiger partial charge >= 0.3 is 0 Å². The summed E-state index contributed by atoms with van der Waals surface area (Å²) < 4.78 is 4.90. The highest BCUT2D eigenvalue weighted by Gasteiger charge is 1.90. The Bertz CT molecular complexity index is 198. The summed E-state index contributed by atoms with van der Waals surface area (Å²) in [6.07, 6.45) is 3.51. The molecule has 0 spiro atoms. The van der Waals surface area contributed by atoms with Crippen molar-refractivity contribution in [2.75, 3.05) is 6.61 Å². The lowest BCUT2D eigenvalue weighted by atomic mass is 10.1. The number of aryl methyl sites for hydroxylation is 1. The van der Waals surface area contributed by atoms with E-state index in [1.54, 1.807) is 0 Å². The quantitative estimate of drug-likeness (QED) is 0.502. The van der Waals surface area contributed by atoms with Crippen LogP contribution in [-0.2, 0) is 10.9 Å². The molecule has 2 heteroatoms. The number of unbranched alkanes of at least 4 members (excludes halogenated alkanes) is 1. The number of rotatable bonds is 5. The minimum Gasteiger partial charge on any atom is -0.366 e. The van der Waals surface area contributed by atoms with E-state index in [0.717, 1.165) is 19.4 Å². The second-order valence-corrected chi connectivity index (χ2v) is 3.15. The van der Waals surface area contributed by atoms with Crippen molar-refractivity contribution in [3.05, 3.63) is 35.9 Å². The second kappa shape index (κ2) is 6.16. The molecule has 12 heavy (non-hydrogen) atoms. The van der Waals surface area contributed by atoms with E-state index >= 15 is 0 Å². The molecule has 1 unspecified atom stereocenters. The van der Waals surface area contributed by atoms with Gasteiger partial charge < -0.3 is 4.52 Å². The molecule has 0 bridgehead atoms. The SMILES string of the molecule is POCCCCc1ccccc1. The molecule has 0 aliphatic rings. The number of hydrogen-bond donors (Lipinski definition) is 0. The zero-order chi connectivity index (χ0) is 8.65. The first-order valence-electron chi connectivity index (χ1n) is 4.29. The first-order chi connectivity index (χ1) is 5.93. The van der Waals surface area contributed by atoms with Crippen molar-refractivity contribution in [1.29, 1.82) is 0 Å². The van der Waals surface area contributed by atoms with Crippen molar-refractivity contribution in [1.82, 2.24) is 0 Å². The van der Waals surface area contributed by atoms with Crippen LogP contribution in [0.4, 0.5) is 0 Å². The van der Waals surface area contributed by atoms with Crippen LogP contribution in [0.25, 0.3) is 0 Å². The predicted octanol–water partition coefficient (Wildman–Crippen LogP) is 2.82. The molecule has 0 radical (unpaired) electrons. The average Bonchev–Trinajstić information content (AvgIpc) is 2.14. The van der Waals surface area contributed by atoms with Gasteiger partial charge in [0.1, 0.15) is 0 Å². The van der Waals surface area contributed by atoms with Crippen molar-refractivity contribution in [3.8, 4) is 0 Å². The van der Waals surface area contributed by atoms with Crippen LogP contribution in [0, 0.1) is 0 Å². The van der Waals surface area contributed by atoms with Gasteiger partial charge in [0.25, 0.3) is 0 Å². The van der Waals surface area contributed by atoms with E-state index in [1.807, 2.05) is 0 Å². The fourth-order valence-corrected chi connectivity index (χ4v) is 1.33. The van der Waals surface area contributed by atoms with E-state index in [0.29, 0.717) is 0 Å². The monoisotopic (exact) mass is 182 g/mol. The van der Waals surface area contributed by atoms with Crippen LogP contribution < -0.4 is 0 Å². The van der Waals surface area contributed by atoms with Gasteiger partial charge in [0.2, 0.25) is 0 Å². The minimum atomic E-state index is 0.845.